The predicted octanol–water partition coefficient (Wildman–Crippen LogP) is 3.33. The van der Waals surface area contributed by atoms with Crippen molar-refractivity contribution in [1.82, 2.24) is 4.90 Å². The van der Waals surface area contributed by atoms with E-state index >= 15 is 0 Å². The fraction of sp³-hybridized carbons (Fsp3) is 0.500. The molecule has 1 saturated heterocycles. The summed E-state index contributed by atoms with van der Waals surface area (Å²) in [5, 5.41) is 0. The van der Waals surface area contributed by atoms with Crippen LogP contribution >= 0.6 is 0 Å². The first-order chi connectivity index (χ1) is 10.6. The summed E-state index contributed by atoms with van der Waals surface area (Å²) < 4.78 is 5.55. The fourth-order valence-electron chi connectivity index (χ4n) is 2.68. The molecular weight excluding hydrogens is 276 g/mol. The van der Waals surface area contributed by atoms with Gasteiger partial charge in [0.25, 0.3) is 0 Å². The third kappa shape index (κ3) is 4.52. The Labute approximate surface area is 132 Å². The second-order valence-electron chi connectivity index (χ2n) is 6.01. The molecule has 0 saturated carbocycles. The second-order valence-corrected chi connectivity index (χ2v) is 6.01. The second kappa shape index (κ2) is 7.87. The summed E-state index contributed by atoms with van der Waals surface area (Å²) in [6.07, 6.45) is 6.71. The Balaban J connectivity index is 1.97. The Bertz CT molecular complexity index is 540. The Morgan fingerprint density at radius 1 is 1.50 bits per heavy atom. The van der Waals surface area contributed by atoms with Crippen LogP contribution in [0.3, 0.4) is 0 Å². The molecule has 2 N–H and O–H groups in total. The number of anilines is 1. The van der Waals surface area contributed by atoms with Crippen LogP contribution in [0.5, 0.6) is 5.75 Å². The molecule has 0 bridgehead atoms. The molecule has 0 aliphatic carbocycles. The van der Waals surface area contributed by atoms with Gasteiger partial charge in [0.2, 0.25) is 5.91 Å². The van der Waals surface area contributed by atoms with Crippen LogP contribution in [0.4, 0.5) is 5.69 Å². The van der Waals surface area contributed by atoms with Crippen LogP contribution in [0.15, 0.2) is 24.3 Å². The lowest BCUT2D eigenvalue weighted by Gasteiger charge is -2.30. The number of nitrogens with two attached hydrogens (primary N) is 1. The molecule has 4 heteroatoms. The van der Waals surface area contributed by atoms with Gasteiger partial charge in [-0.3, -0.25) is 4.79 Å². The summed E-state index contributed by atoms with van der Waals surface area (Å²) in [4.78, 5) is 14.1. The van der Waals surface area contributed by atoms with Gasteiger partial charge >= 0.3 is 0 Å². The number of carbonyl (C=O) groups excluding carboxylic acids is 1. The molecule has 1 atom stereocenters. The minimum atomic E-state index is 0.0800. The highest BCUT2D eigenvalue weighted by Crippen LogP contribution is 2.23. The minimum Gasteiger partial charge on any atom is -0.491 e. The van der Waals surface area contributed by atoms with E-state index in [0.717, 1.165) is 31.5 Å². The average molecular weight is 302 g/mol. The summed E-state index contributed by atoms with van der Waals surface area (Å²) in [5.41, 5.74) is 7.50. The summed E-state index contributed by atoms with van der Waals surface area (Å²) in [7, 11) is 0. The number of hydrogen-bond donors (Lipinski definition) is 1. The number of piperidine rings is 1. The first kappa shape index (κ1) is 16.4. The Morgan fingerprint density at radius 3 is 3.00 bits per heavy atom. The normalized spacial score (nSPS) is 18.6. The topological polar surface area (TPSA) is 55.6 Å². The van der Waals surface area contributed by atoms with Crippen molar-refractivity contribution in [2.45, 2.75) is 33.1 Å². The minimum absolute atomic E-state index is 0.0800. The number of carbonyl (C=O) groups is 1. The van der Waals surface area contributed by atoms with E-state index in [9.17, 15) is 4.79 Å². The van der Waals surface area contributed by atoms with Crippen molar-refractivity contribution in [3.63, 3.8) is 0 Å². The van der Waals surface area contributed by atoms with Crippen molar-refractivity contribution >= 4 is 17.7 Å². The number of ether oxygens (including phenoxy) is 1. The van der Waals surface area contributed by atoms with E-state index in [-0.39, 0.29) is 5.91 Å². The zero-order chi connectivity index (χ0) is 15.9. The maximum Gasteiger partial charge on any atom is 0.246 e. The Morgan fingerprint density at radius 2 is 2.32 bits per heavy atom. The van der Waals surface area contributed by atoms with Crippen molar-refractivity contribution in [2.24, 2.45) is 5.92 Å². The number of nitrogen functional groups attached to an aromatic ring is 1. The van der Waals surface area contributed by atoms with Gasteiger partial charge in [-0.25, -0.2) is 0 Å². The van der Waals surface area contributed by atoms with Crippen LogP contribution in [0.25, 0.3) is 6.08 Å². The van der Waals surface area contributed by atoms with Crippen LogP contribution in [0.1, 0.15) is 38.7 Å². The fourth-order valence-corrected chi connectivity index (χ4v) is 2.68. The van der Waals surface area contributed by atoms with Crippen molar-refractivity contribution in [1.29, 1.82) is 0 Å². The standard InChI is InChI=1S/C18H26N2O2/c1-3-11-22-17-8-6-15(12-16(17)19)7-9-18(21)20-10-4-5-14(2)13-20/h6-9,12,14H,3-5,10-11,13,19H2,1-2H3/b9-7-. The zero-order valence-corrected chi connectivity index (χ0v) is 13.5. The number of amides is 1. The van der Waals surface area contributed by atoms with Crippen LogP contribution in [0.2, 0.25) is 0 Å². The predicted molar refractivity (Wildman–Crippen MR) is 90.7 cm³/mol. The van der Waals surface area contributed by atoms with Crippen LogP contribution in [0, 0.1) is 5.92 Å². The smallest absolute Gasteiger partial charge is 0.246 e. The van der Waals surface area contributed by atoms with Crippen molar-refractivity contribution < 1.29 is 9.53 Å². The molecule has 1 heterocycles. The lowest BCUT2D eigenvalue weighted by molar-refractivity contribution is -0.127. The van der Waals surface area contributed by atoms with Crippen LogP contribution < -0.4 is 10.5 Å². The van der Waals surface area contributed by atoms with Gasteiger partial charge < -0.3 is 15.4 Å². The van der Waals surface area contributed by atoms with Gasteiger partial charge in [0.15, 0.2) is 0 Å². The third-order valence-electron chi connectivity index (χ3n) is 3.88. The van der Waals surface area contributed by atoms with E-state index in [4.69, 9.17) is 10.5 Å². The molecule has 120 valence electrons. The van der Waals surface area contributed by atoms with Crippen molar-refractivity contribution in [2.75, 3.05) is 25.4 Å². The number of benzene rings is 1. The average Bonchev–Trinajstić information content (AvgIpc) is 2.51. The number of rotatable bonds is 5. The molecule has 1 amide bonds. The molecule has 1 aromatic rings. The van der Waals surface area contributed by atoms with Crippen LogP contribution in [-0.4, -0.2) is 30.5 Å². The van der Waals surface area contributed by atoms with Gasteiger partial charge in [-0.15, -0.1) is 0 Å². The molecule has 1 aromatic carbocycles. The number of likely N-dealkylation sites (tertiary alicyclic amines) is 1. The summed E-state index contributed by atoms with van der Waals surface area (Å²) in [6, 6.07) is 5.62. The SMILES string of the molecule is CCCOc1ccc(/C=C\C(=O)N2CCCC(C)C2)cc1N. The monoisotopic (exact) mass is 302 g/mol. The molecule has 2 rings (SSSR count). The first-order valence-electron chi connectivity index (χ1n) is 8.09. The molecule has 1 unspecified atom stereocenters. The molecule has 0 aromatic heterocycles. The number of nitrogens with zero attached hydrogens (tertiary/aromatic N) is 1. The molecule has 1 aliphatic heterocycles. The van der Waals surface area contributed by atoms with E-state index in [1.807, 2.05) is 29.2 Å². The van der Waals surface area contributed by atoms with E-state index in [0.29, 0.717) is 24.0 Å². The van der Waals surface area contributed by atoms with Gasteiger partial charge in [-0.1, -0.05) is 19.9 Å². The molecule has 22 heavy (non-hydrogen) atoms. The lowest BCUT2D eigenvalue weighted by Crippen LogP contribution is -2.38. The molecule has 0 radical (unpaired) electrons. The highest BCUT2D eigenvalue weighted by atomic mass is 16.5. The molecule has 0 spiro atoms. The van der Waals surface area contributed by atoms with Gasteiger partial charge in [-0.2, -0.15) is 0 Å². The van der Waals surface area contributed by atoms with E-state index in [2.05, 4.69) is 13.8 Å². The largest absolute Gasteiger partial charge is 0.491 e. The summed E-state index contributed by atoms with van der Waals surface area (Å²) in [6.45, 7) is 6.62. The third-order valence-corrected chi connectivity index (χ3v) is 3.88. The van der Waals surface area contributed by atoms with Gasteiger partial charge in [0, 0.05) is 19.2 Å². The molecule has 4 nitrogen and oxygen atoms in total. The molecule has 1 aliphatic rings. The van der Waals surface area contributed by atoms with Gasteiger partial charge in [0.1, 0.15) is 5.75 Å². The highest BCUT2D eigenvalue weighted by molar-refractivity contribution is 5.92. The van der Waals surface area contributed by atoms with Gasteiger partial charge in [0.05, 0.1) is 12.3 Å². The van der Waals surface area contributed by atoms with Crippen molar-refractivity contribution in [3.05, 3.63) is 29.8 Å². The highest BCUT2D eigenvalue weighted by Gasteiger charge is 2.18. The van der Waals surface area contributed by atoms with E-state index in [1.165, 1.54) is 6.42 Å². The first-order valence-corrected chi connectivity index (χ1v) is 8.09. The Kier molecular flexibility index (Phi) is 5.87. The maximum absolute atomic E-state index is 12.2. The number of hydrogen-bond acceptors (Lipinski definition) is 3. The maximum atomic E-state index is 12.2. The summed E-state index contributed by atoms with van der Waals surface area (Å²) in [5.74, 6) is 1.38. The van der Waals surface area contributed by atoms with E-state index < -0.39 is 0 Å². The summed E-state index contributed by atoms with van der Waals surface area (Å²) >= 11 is 0. The zero-order valence-electron chi connectivity index (χ0n) is 13.5. The lowest BCUT2D eigenvalue weighted by atomic mass is 10.0. The quantitative estimate of drug-likeness (QED) is 0.670. The van der Waals surface area contributed by atoms with Gasteiger partial charge in [-0.05, 0) is 49.0 Å². The Hall–Kier alpha value is -1.97. The van der Waals surface area contributed by atoms with E-state index in [1.54, 1.807) is 6.08 Å². The van der Waals surface area contributed by atoms with Crippen LogP contribution in [-0.2, 0) is 4.79 Å². The molecule has 1 fully saturated rings. The van der Waals surface area contributed by atoms with Crippen molar-refractivity contribution in [3.8, 4) is 5.75 Å². The molecular formula is C18H26N2O2.